The molecule has 0 aliphatic carbocycles. The Balaban J connectivity index is 1.66. The Kier molecular flexibility index (Phi) is 4.82. The molecule has 0 unspecified atom stereocenters. The van der Waals surface area contributed by atoms with E-state index in [9.17, 15) is 14.7 Å². The average molecular weight is 344 g/mol. The number of hydrogen-bond acceptors (Lipinski definition) is 5. The molecule has 1 aliphatic rings. The van der Waals surface area contributed by atoms with Gasteiger partial charge in [0.1, 0.15) is 18.4 Å². The van der Waals surface area contributed by atoms with Gasteiger partial charge in [0.2, 0.25) is 5.91 Å². The van der Waals surface area contributed by atoms with Crippen LogP contribution in [0.4, 0.5) is 5.69 Å². The zero-order chi connectivity index (χ0) is 18.0. The first-order valence-electron chi connectivity index (χ1n) is 7.91. The van der Waals surface area contributed by atoms with Crippen LogP contribution in [0.25, 0.3) is 0 Å². The van der Waals surface area contributed by atoms with Crippen molar-refractivity contribution in [3.63, 3.8) is 0 Å². The lowest BCUT2D eigenvalue weighted by Crippen LogP contribution is -2.48. The van der Waals surface area contributed by atoms with Crippen LogP contribution in [0.15, 0.2) is 30.3 Å². The SMILES string of the molecule is Cc1cc(C(=O)Nc2ccc([C@@H](O)[C@H]3COCC(=O)N3)cc2)n(C)n1. The molecule has 0 radical (unpaired) electrons. The topological polar surface area (TPSA) is 105 Å². The molecule has 0 bridgehead atoms. The Labute approximate surface area is 144 Å². The number of benzene rings is 1. The van der Waals surface area contributed by atoms with Crippen LogP contribution in [0.3, 0.4) is 0 Å². The molecular weight excluding hydrogens is 324 g/mol. The lowest BCUT2D eigenvalue weighted by Gasteiger charge is -2.28. The summed E-state index contributed by atoms with van der Waals surface area (Å²) in [5.41, 5.74) is 2.46. The predicted molar refractivity (Wildman–Crippen MR) is 90.0 cm³/mol. The normalized spacial score (nSPS) is 18.5. The second-order valence-electron chi connectivity index (χ2n) is 6.00. The van der Waals surface area contributed by atoms with E-state index in [-0.39, 0.29) is 25.0 Å². The lowest BCUT2D eigenvalue weighted by atomic mass is 10.0. The van der Waals surface area contributed by atoms with Crippen LogP contribution in [-0.4, -0.2) is 46.0 Å². The number of amides is 2. The number of aryl methyl sites for hydroxylation is 2. The third kappa shape index (κ3) is 3.86. The first-order chi connectivity index (χ1) is 11.9. The van der Waals surface area contributed by atoms with Crippen molar-refractivity contribution in [1.82, 2.24) is 15.1 Å². The van der Waals surface area contributed by atoms with Gasteiger partial charge >= 0.3 is 0 Å². The van der Waals surface area contributed by atoms with Crippen LogP contribution < -0.4 is 10.6 Å². The molecule has 2 amide bonds. The number of hydrogen-bond donors (Lipinski definition) is 3. The van der Waals surface area contributed by atoms with Gasteiger partial charge in [-0.2, -0.15) is 5.10 Å². The number of aliphatic hydroxyl groups excluding tert-OH is 1. The van der Waals surface area contributed by atoms with E-state index in [2.05, 4.69) is 15.7 Å². The molecule has 1 fully saturated rings. The quantitative estimate of drug-likeness (QED) is 0.750. The monoisotopic (exact) mass is 344 g/mol. The highest BCUT2D eigenvalue weighted by Gasteiger charge is 2.26. The number of rotatable bonds is 4. The van der Waals surface area contributed by atoms with Crippen molar-refractivity contribution in [1.29, 1.82) is 0 Å². The highest BCUT2D eigenvalue weighted by molar-refractivity contribution is 6.03. The minimum Gasteiger partial charge on any atom is -0.386 e. The van der Waals surface area contributed by atoms with Crippen LogP contribution in [0.2, 0.25) is 0 Å². The van der Waals surface area contributed by atoms with E-state index in [0.29, 0.717) is 16.9 Å². The molecule has 132 valence electrons. The maximum atomic E-state index is 12.3. The molecule has 1 aromatic carbocycles. The van der Waals surface area contributed by atoms with Crippen LogP contribution in [0.5, 0.6) is 0 Å². The summed E-state index contributed by atoms with van der Waals surface area (Å²) in [6.45, 7) is 2.09. The molecule has 1 aliphatic heterocycles. The highest BCUT2D eigenvalue weighted by Crippen LogP contribution is 2.21. The van der Waals surface area contributed by atoms with Crippen LogP contribution in [-0.2, 0) is 16.6 Å². The predicted octanol–water partition coefficient (Wildman–Crippen LogP) is 0.529. The fraction of sp³-hybridized carbons (Fsp3) is 0.353. The van der Waals surface area contributed by atoms with Crippen molar-refractivity contribution in [2.75, 3.05) is 18.5 Å². The van der Waals surface area contributed by atoms with Gasteiger partial charge in [-0.1, -0.05) is 12.1 Å². The molecule has 1 aromatic heterocycles. The molecular formula is C17H20N4O4. The molecule has 2 aromatic rings. The molecule has 3 rings (SSSR count). The van der Waals surface area contributed by atoms with Crippen molar-refractivity contribution >= 4 is 17.5 Å². The summed E-state index contributed by atoms with van der Waals surface area (Å²) in [7, 11) is 1.71. The zero-order valence-electron chi connectivity index (χ0n) is 14.0. The second-order valence-corrected chi connectivity index (χ2v) is 6.00. The Morgan fingerprint density at radius 1 is 1.44 bits per heavy atom. The van der Waals surface area contributed by atoms with E-state index in [0.717, 1.165) is 5.69 Å². The summed E-state index contributed by atoms with van der Waals surface area (Å²) < 4.78 is 6.66. The average Bonchev–Trinajstić information content (AvgIpc) is 2.93. The van der Waals surface area contributed by atoms with E-state index in [4.69, 9.17) is 4.74 Å². The fourth-order valence-corrected chi connectivity index (χ4v) is 2.75. The molecule has 1 saturated heterocycles. The third-order valence-electron chi connectivity index (χ3n) is 4.00. The minimum absolute atomic E-state index is 0.0156. The molecule has 2 atom stereocenters. The molecule has 2 heterocycles. The van der Waals surface area contributed by atoms with E-state index < -0.39 is 12.1 Å². The Morgan fingerprint density at radius 2 is 2.16 bits per heavy atom. The molecule has 0 spiro atoms. The number of carbonyl (C=O) groups is 2. The van der Waals surface area contributed by atoms with Gasteiger partial charge in [-0.3, -0.25) is 14.3 Å². The fourth-order valence-electron chi connectivity index (χ4n) is 2.75. The second kappa shape index (κ2) is 7.04. The summed E-state index contributed by atoms with van der Waals surface area (Å²) >= 11 is 0. The number of carbonyl (C=O) groups excluding carboxylic acids is 2. The largest absolute Gasteiger partial charge is 0.386 e. The molecule has 25 heavy (non-hydrogen) atoms. The van der Waals surface area contributed by atoms with Gasteiger partial charge in [-0.05, 0) is 30.7 Å². The first-order valence-corrected chi connectivity index (χ1v) is 7.91. The van der Waals surface area contributed by atoms with Gasteiger partial charge < -0.3 is 20.5 Å². The van der Waals surface area contributed by atoms with Crippen molar-refractivity contribution in [2.24, 2.45) is 7.05 Å². The minimum atomic E-state index is -0.881. The molecule has 8 nitrogen and oxygen atoms in total. The van der Waals surface area contributed by atoms with Gasteiger partial charge in [0, 0.05) is 12.7 Å². The first kappa shape index (κ1) is 17.1. The smallest absolute Gasteiger partial charge is 0.273 e. The summed E-state index contributed by atoms with van der Waals surface area (Å²) in [5.74, 6) is -0.505. The van der Waals surface area contributed by atoms with Gasteiger partial charge in [0.25, 0.3) is 5.91 Å². The summed E-state index contributed by atoms with van der Waals surface area (Å²) in [6.07, 6.45) is -0.881. The Bertz CT molecular complexity index is 784. The molecule has 3 N–H and O–H groups in total. The number of nitrogens with zero attached hydrogens (tertiary/aromatic N) is 2. The molecule has 8 heteroatoms. The standard InChI is InChI=1S/C17H20N4O4/c1-10-7-14(21(2)20-10)17(24)18-12-5-3-11(4-6-12)16(23)13-8-25-9-15(22)19-13/h3-7,13,16,23H,8-9H2,1-2H3,(H,18,24)(H,19,22)/t13-,16-/m1/s1. The number of nitrogens with one attached hydrogen (secondary N) is 2. The number of aromatic nitrogens is 2. The van der Waals surface area contributed by atoms with Crippen LogP contribution >= 0.6 is 0 Å². The maximum absolute atomic E-state index is 12.3. The van der Waals surface area contributed by atoms with Gasteiger partial charge in [-0.25, -0.2) is 0 Å². The number of ether oxygens (including phenoxy) is 1. The van der Waals surface area contributed by atoms with E-state index >= 15 is 0 Å². The Morgan fingerprint density at radius 3 is 2.76 bits per heavy atom. The van der Waals surface area contributed by atoms with Gasteiger partial charge in [0.15, 0.2) is 0 Å². The van der Waals surface area contributed by atoms with E-state index in [1.54, 1.807) is 37.4 Å². The van der Waals surface area contributed by atoms with Crippen LogP contribution in [0, 0.1) is 6.92 Å². The summed E-state index contributed by atoms with van der Waals surface area (Å²) in [5, 5.41) is 20.0. The third-order valence-corrected chi connectivity index (χ3v) is 4.00. The molecule has 0 saturated carbocycles. The van der Waals surface area contributed by atoms with Crippen molar-refractivity contribution in [2.45, 2.75) is 19.1 Å². The number of aliphatic hydroxyl groups is 1. The van der Waals surface area contributed by atoms with E-state index in [1.165, 1.54) is 4.68 Å². The van der Waals surface area contributed by atoms with E-state index in [1.807, 2.05) is 6.92 Å². The van der Waals surface area contributed by atoms with Gasteiger partial charge in [-0.15, -0.1) is 0 Å². The van der Waals surface area contributed by atoms with Crippen molar-refractivity contribution in [3.05, 3.63) is 47.3 Å². The maximum Gasteiger partial charge on any atom is 0.273 e. The number of anilines is 1. The zero-order valence-corrected chi connectivity index (χ0v) is 14.0. The summed E-state index contributed by atoms with van der Waals surface area (Å²) in [4.78, 5) is 23.6. The Hall–Kier alpha value is -2.71. The van der Waals surface area contributed by atoms with Gasteiger partial charge in [0.05, 0.1) is 18.3 Å². The highest BCUT2D eigenvalue weighted by atomic mass is 16.5. The summed E-state index contributed by atoms with van der Waals surface area (Å²) in [6, 6.07) is 8.03. The lowest BCUT2D eigenvalue weighted by molar-refractivity contribution is -0.133. The van der Waals surface area contributed by atoms with Crippen molar-refractivity contribution in [3.8, 4) is 0 Å². The van der Waals surface area contributed by atoms with Crippen LogP contribution in [0.1, 0.15) is 27.8 Å². The van der Waals surface area contributed by atoms with Crippen molar-refractivity contribution < 1.29 is 19.4 Å². The number of morpholine rings is 1.